The molecule has 0 aliphatic heterocycles. The van der Waals surface area contributed by atoms with Crippen LogP contribution >= 0.6 is 11.8 Å². The summed E-state index contributed by atoms with van der Waals surface area (Å²) in [4.78, 5) is 1.07. The minimum absolute atomic E-state index is 0.0950. The van der Waals surface area contributed by atoms with Crippen LogP contribution in [0.2, 0.25) is 0 Å². The van der Waals surface area contributed by atoms with Crippen molar-refractivity contribution in [2.75, 3.05) is 12.3 Å². The monoisotopic (exact) mass is 255 g/mol. The molecule has 0 saturated carbocycles. The molecule has 0 saturated heterocycles. The number of hydrogen-bond donors (Lipinski definition) is 1. The minimum atomic E-state index is -0.0950. The van der Waals surface area contributed by atoms with Crippen LogP contribution in [0, 0.1) is 11.7 Å². The Kier molecular flexibility index (Phi) is 6.60. The lowest BCUT2D eigenvalue weighted by Crippen LogP contribution is -2.15. The second-order valence-electron chi connectivity index (χ2n) is 4.60. The molecular formula is C14H22FNS. The molecule has 0 fully saturated rings. The van der Waals surface area contributed by atoms with Crippen molar-refractivity contribution in [3.8, 4) is 0 Å². The normalized spacial score (nSPS) is 11.1. The minimum Gasteiger partial charge on any atom is -0.313 e. The van der Waals surface area contributed by atoms with Gasteiger partial charge >= 0.3 is 0 Å². The van der Waals surface area contributed by atoms with Gasteiger partial charge in [-0.2, -0.15) is 0 Å². The molecule has 0 spiro atoms. The van der Waals surface area contributed by atoms with Crippen LogP contribution in [0.25, 0.3) is 0 Å². The van der Waals surface area contributed by atoms with Gasteiger partial charge in [0.25, 0.3) is 0 Å². The fourth-order valence-electron chi connectivity index (χ4n) is 1.49. The summed E-state index contributed by atoms with van der Waals surface area (Å²) < 4.78 is 13.7. The molecule has 96 valence electrons. The topological polar surface area (TPSA) is 12.0 Å². The lowest BCUT2D eigenvalue weighted by Gasteiger charge is -2.12. The van der Waals surface area contributed by atoms with E-state index in [2.05, 4.69) is 26.1 Å². The Morgan fingerprint density at radius 3 is 2.76 bits per heavy atom. The van der Waals surface area contributed by atoms with Gasteiger partial charge in [-0.05, 0) is 31.0 Å². The highest BCUT2D eigenvalue weighted by Gasteiger charge is 2.08. The maximum atomic E-state index is 13.7. The average molecular weight is 255 g/mol. The summed E-state index contributed by atoms with van der Waals surface area (Å²) in [7, 11) is 0. The van der Waals surface area contributed by atoms with Crippen LogP contribution in [0.1, 0.15) is 32.8 Å². The third kappa shape index (κ3) is 5.09. The molecule has 0 aliphatic carbocycles. The van der Waals surface area contributed by atoms with Gasteiger partial charge in [-0.1, -0.05) is 26.8 Å². The largest absolute Gasteiger partial charge is 0.313 e. The molecule has 1 N–H and O–H groups in total. The number of benzene rings is 1. The zero-order chi connectivity index (χ0) is 12.7. The van der Waals surface area contributed by atoms with E-state index >= 15 is 0 Å². The van der Waals surface area contributed by atoms with Crippen LogP contribution in [0.3, 0.4) is 0 Å². The highest BCUT2D eigenvalue weighted by atomic mass is 32.2. The molecule has 17 heavy (non-hydrogen) atoms. The van der Waals surface area contributed by atoms with Crippen molar-refractivity contribution in [3.63, 3.8) is 0 Å². The SMILES string of the molecule is CCCNCc1c(F)cccc1SCC(C)C. The van der Waals surface area contributed by atoms with Gasteiger partial charge < -0.3 is 5.32 Å². The number of rotatable bonds is 7. The van der Waals surface area contributed by atoms with Crippen LogP contribution in [-0.4, -0.2) is 12.3 Å². The van der Waals surface area contributed by atoms with Crippen LogP contribution in [0.5, 0.6) is 0 Å². The number of hydrogen-bond acceptors (Lipinski definition) is 2. The molecule has 0 aromatic heterocycles. The van der Waals surface area contributed by atoms with Crippen molar-refractivity contribution < 1.29 is 4.39 Å². The van der Waals surface area contributed by atoms with Crippen molar-refractivity contribution in [1.29, 1.82) is 0 Å². The number of thioether (sulfide) groups is 1. The zero-order valence-corrected chi connectivity index (χ0v) is 11.7. The van der Waals surface area contributed by atoms with Gasteiger partial charge in [0.2, 0.25) is 0 Å². The zero-order valence-electron chi connectivity index (χ0n) is 10.9. The van der Waals surface area contributed by atoms with Crippen molar-refractivity contribution in [3.05, 3.63) is 29.6 Å². The van der Waals surface area contributed by atoms with Gasteiger partial charge in [0, 0.05) is 22.8 Å². The molecule has 0 heterocycles. The summed E-state index contributed by atoms with van der Waals surface area (Å²) in [6.07, 6.45) is 1.07. The first-order chi connectivity index (χ1) is 8.15. The molecule has 1 aromatic carbocycles. The third-order valence-electron chi connectivity index (χ3n) is 2.38. The van der Waals surface area contributed by atoms with Gasteiger partial charge in [0.1, 0.15) is 5.82 Å². The highest BCUT2D eigenvalue weighted by molar-refractivity contribution is 7.99. The van der Waals surface area contributed by atoms with Crippen molar-refractivity contribution in [2.24, 2.45) is 5.92 Å². The quantitative estimate of drug-likeness (QED) is 0.582. The van der Waals surface area contributed by atoms with E-state index in [1.54, 1.807) is 23.9 Å². The summed E-state index contributed by atoms with van der Waals surface area (Å²) >= 11 is 1.75. The smallest absolute Gasteiger partial charge is 0.128 e. The van der Waals surface area contributed by atoms with E-state index in [9.17, 15) is 4.39 Å². The Balaban J connectivity index is 2.69. The fraction of sp³-hybridized carbons (Fsp3) is 0.571. The van der Waals surface area contributed by atoms with E-state index < -0.39 is 0 Å². The van der Waals surface area contributed by atoms with Gasteiger partial charge in [-0.3, -0.25) is 0 Å². The van der Waals surface area contributed by atoms with E-state index in [4.69, 9.17) is 0 Å². The average Bonchev–Trinajstić information content (AvgIpc) is 2.29. The second kappa shape index (κ2) is 7.72. The molecule has 0 aliphatic rings. The van der Waals surface area contributed by atoms with Crippen molar-refractivity contribution in [2.45, 2.75) is 38.6 Å². The van der Waals surface area contributed by atoms with Crippen LogP contribution in [0.4, 0.5) is 4.39 Å². The summed E-state index contributed by atoms with van der Waals surface area (Å²) in [5.41, 5.74) is 0.812. The van der Waals surface area contributed by atoms with Gasteiger partial charge in [0.05, 0.1) is 0 Å². The summed E-state index contributed by atoms with van der Waals surface area (Å²) in [6, 6.07) is 5.35. The predicted octanol–water partition coefficient (Wildman–Crippen LogP) is 4.07. The molecule has 0 amide bonds. The number of halogens is 1. The van der Waals surface area contributed by atoms with E-state index in [-0.39, 0.29) is 5.82 Å². The van der Waals surface area contributed by atoms with Gasteiger partial charge in [-0.15, -0.1) is 11.8 Å². The Bertz CT molecular complexity index is 339. The second-order valence-corrected chi connectivity index (χ2v) is 5.66. The van der Waals surface area contributed by atoms with Gasteiger partial charge in [-0.25, -0.2) is 4.39 Å². The van der Waals surface area contributed by atoms with Crippen LogP contribution < -0.4 is 5.32 Å². The van der Waals surface area contributed by atoms with Gasteiger partial charge in [0.15, 0.2) is 0 Å². The molecule has 3 heteroatoms. The Hall–Kier alpha value is -0.540. The van der Waals surface area contributed by atoms with Crippen molar-refractivity contribution >= 4 is 11.8 Å². The summed E-state index contributed by atoms with van der Waals surface area (Å²) in [5, 5.41) is 3.27. The molecule has 0 unspecified atom stereocenters. The predicted molar refractivity (Wildman–Crippen MR) is 74.0 cm³/mol. The first-order valence-electron chi connectivity index (χ1n) is 6.26. The first kappa shape index (κ1) is 14.5. The van der Waals surface area contributed by atoms with Crippen LogP contribution in [-0.2, 0) is 6.54 Å². The van der Waals surface area contributed by atoms with E-state index in [0.29, 0.717) is 12.5 Å². The highest BCUT2D eigenvalue weighted by Crippen LogP contribution is 2.26. The standard InChI is InChI=1S/C14H22FNS/c1-4-8-16-9-12-13(15)6-5-7-14(12)17-10-11(2)3/h5-7,11,16H,4,8-10H2,1-3H3. The van der Waals surface area contributed by atoms with E-state index in [1.807, 2.05) is 6.07 Å². The van der Waals surface area contributed by atoms with Crippen molar-refractivity contribution in [1.82, 2.24) is 5.32 Å². The lowest BCUT2D eigenvalue weighted by atomic mass is 10.2. The molecule has 1 aromatic rings. The first-order valence-corrected chi connectivity index (χ1v) is 7.24. The lowest BCUT2D eigenvalue weighted by molar-refractivity contribution is 0.578. The number of nitrogens with one attached hydrogen (secondary N) is 1. The van der Waals surface area contributed by atoms with Crippen LogP contribution in [0.15, 0.2) is 23.1 Å². The van der Waals surface area contributed by atoms with E-state index in [0.717, 1.165) is 29.2 Å². The molecule has 1 rings (SSSR count). The summed E-state index contributed by atoms with van der Waals surface area (Å²) in [5.74, 6) is 1.56. The maximum Gasteiger partial charge on any atom is 0.128 e. The molecular weight excluding hydrogens is 233 g/mol. The molecule has 0 radical (unpaired) electrons. The Labute approximate surface area is 108 Å². The Morgan fingerprint density at radius 2 is 2.12 bits per heavy atom. The van der Waals surface area contributed by atoms with E-state index in [1.165, 1.54) is 0 Å². The molecule has 0 atom stereocenters. The fourth-order valence-corrected chi connectivity index (χ4v) is 2.52. The third-order valence-corrected chi connectivity index (χ3v) is 3.90. The Morgan fingerprint density at radius 1 is 1.35 bits per heavy atom. The summed E-state index contributed by atoms with van der Waals surface area (Å²) in [6.45, 7) is 8.04. The molecule has 1 nitrogen and oxygen atoms in total. The maximum absolute atomic E-state index is 13.7. The molecule has 0 bridgehead atoms.